The molecule has 2 atom stereocenters. The number of carbonyl (C=O) groups excluding carboxylic acids is 1. The van der Waals surface area contributed by atoms with E-state index in [0.717, 1.165) is 18.4 Å². The van der Waals surface area contributed by atoms with Crippen LogP contribution < -0.4 is 5.32 Å². The van der Waals surface area contributed by atoms with Gasteiger partial charge in [-0.3, -0.25) is 4.79 Å². The van der Waals surface area contributed by atoms with E-state index >= 15 is 0 Å². The Balaban J connectivity index is 1.69. The SMILES string of the molecule is Cc1ccc(C(=O)NC2CC3CCC(C2)N3S(C)(=O)=O)cc1C. The Morgan fingerprint density at radius 2 is 1.74 bits per heavy atom. The maximum atomic E-state index is 12.4. The van der Waals surface area contributed by atoms with E-state index in [9.17, 15) is 13.2 Å². The van der Waals surface area contributed by atoms with E-state index in [0.29, 0.717) is 18.4 Å². The van der Waals surface area contributed by atoms with Gasteiger partial charge in [0.1, 0.15) is 0 Å². The summed E-state index contributed by atoms with van der Waals surface area (Å²) in [5.74, 6) is -0.0645. The fraction of sp³-hybridized carbons (Fsp3) is 0.588. The molecule has 2 bridgehead atoms. The van der Waals surface area contributed by atoms with Gasteiger partial charge in [0, 0.05) is 23.7 Å². The highest BCUT2D eigenvalue weighted by atomic mass is 32.2. The molecule has 6 heteroatoms. The van der Waals surface area contributed by atoms with Crippen molar-refractivity contribution in [1.82, 2.24) is 9.62 Å². The van der Waals surface area contributed by atoms with Crippen molar-refractivity contribution in [2.24, 2.45) is 0 Å². The number of fused-ring (bicyclic) bond motifs is 2. The van der Waals surface area contributed by atoms with E-state index < -0.39 is 10.0 Å². The molecular weight excluding hydrogens is 312 g/mol. The first-order valence-corrected chi connectivity index (χ1v) is 9.97. The Kier molecular flexibility index (Phi) is 4.23. The molecule has 0 aliphatic carbocycles. The molecule has 3 rings (SSSR count). The van der Waals surface area contributed by atoms with Crippen molar-refractivity contribution >= 4 is 15.9 Å². The predicted octanol–water partition coefficient (Wildman–Crippen LogP) is 1.99. The van der Waals surface area contributed by atoms with Crippen LogP contribution in [0.15, 0.2) is 18.2 Å². The van der Waals surface area contributed by atoms with Gasteiger partial charge in [0.2, 0.25) is 10.0 Å². The second-order valence-corrected chi connectivity index (χ2v) is 8.81. The van der Waals surface area contributed by atoms with Gasteiger partial charge in [-0.25, -0.2) is 8.42 Å². The van der Waals surface area contributed by atoms with Crippen molar-refractivity contribution in [2.75, 3.05) is 6.26 Å². The van der Waals surface area contributed by atoms with Crippen LogP contribution >= 0.6 is 0 Å². The lowest BCUT2D eigenvalue weighted by atomic mass is 9.99. The zero-order valence-electron chi connectivity index (χ0n) is 13.9. The molecule has 2 aliphatic rings. The first kappa shape index (κ1) is 16.5. The Bertz CT molecular complexity index is 715. The molecule has 2 unspecified atom stereocenters. The summed E-state index contributed by atoms with van der Waals surface area (Å²) in [4.78, 5) is 12.4. The third-order valence-corrected chi connectivity index (χ3v) is 6.52. The van der Waals surface area contributed by atoms with Crippen molar-refractivity contribution in [3.8, 4) is 0 Å². The summed E-state index contributed by atoms with van der Waals surface area (Å²) in [6.07, 6.45) is 4.49. The van der Waals surface area contributed by atoms with Gasteiger partial charge in [0.15, 0.2) is 0 Å². The van der Waals surface area contributed by atoms with Crippen LogP contribution in [0, 0.1) is 13.8 Å². The third-order valence-electron chi connectivity index (χ3n) is 5.15. The van der Waals surface area contributed by atoms with E-state index in [-0.39, 0.29) is 24.0 Å². The Hall–Kier alpha value is -1.40. The summed E-state index contributed by atoms with van der Waals surface area (Å²) >= 11 is 0. The van der Waals surface area contributed by atoms with Crippen LogP contribution in [0.3, 0.4) is 0 Å². The van der Waals surface area contributed by atoms with Gasteiger partial charge >= 0.3 is 0 Å². The van der Waals surface area contributed by atoms with Crippen LogP contribution in [0.2, 0.25) is 0 Å². The fourth-order valence-electron chi connectivity index (χ4n) is 3.94. The highest BCUT2D eigenvalue weighted by molar-refractivity contribution is 7.88. The van der Waals surface area contributed by atoms with Crippen LogP contribution in [-0.4, -0.2) is 43.0 Å². The molecule has 2 fully saturated rings. The average molecular weight is 336 g/mol. The summed E-state index contributed by atoms with van der Waals surface area (Å²) in [7, 11) is -3.16. The summed E-state index contributed by atoms with van der Waals surface area (Å²) < 4.78 is 25.5. The maximum Gasteiger partial charge on any atom is 0.251 e. The predicted molar refractivity (Wildman–Crippen MR) is 89.9 cm³/mol. The molecule has 0 aromatic heterocycles. The van der Waals surface area contributed by atoms with Crippen LogP contribution in [0.25, 0.3) is 0 Å². The largest absolute Gasteiger partial charge is 0.349 e. The normalized spacial score (nSPS) is 27.9. The summed E-state index contributed by atoms with van der Waals surface area (Å²) in [6, 6.07) is 5.84. The molecule has 2 heterocycles. The number of sulfonamides is 1. The van der Waals surface area contributed by atoms with Crippen LogP contribution in [0.1, 0.15) is 47.2 Å². The van der Waals surface area contributed by atoms with Crippen molar-refractivity contribution in [3.63, 3.8) is 0 Å². The number of carbonyl (C=O) groups is 1. The number of hydrogen-bond donors (Lipinski definition) is 1. The van der Waals surface area contributed by atoms with E-state index in [1.807, 2.05) is 32.0 Å². The fourth-order valence-corrected chi connectivity index (χ4v) is 5.41. The Labute approximate surface area is 138 Å². The molecule has 2 aliphatic heterocycles. The molecule has 23 heavy (non-hydrogen) atoms. The lowest BCUT2D eigenvalue weighted by Gasteiger charge is -2.37. The van der Waals surface area contributed by atoms with Crippen molar-refractivity contribution < 1.29 is 13.2 Å². The molecule has 1 amide bonds. The number of nitrogens with zero attached hydrogens (tertiary/aromatic N) is 1. The van der Waals surface area contributed by atoms with Crippen molar-refractivity contribution in [2.45, 2.75) is 57.7 Å². The number of aryl methyl sites for hydroxylation is 2. The maximum absolute atomic E-state index is 12.4. The Morgan fingerprint density at radius 3 is 2.26 bits per heavy atom. The summed E-state index contributed by atoms with van der Waals surface area (Å²) in [5.41, 5.74) is 2.94. The lowest BCUT2D eigenvalue weighted by Crippen LogP contribution is -2.52. The standard InChI is InChI=1S/C17H24N2O3S/c1-11-4-5-13(8-12(11)2)17(20)18-14-9-15-6-7-16(10-14)19(15)23(3,21)22/h4-5,8,14-16H,6-7,9-10H2,1-3H3,(H,18,20). The van der Waals surface area contributed by atoms with Gasteiger partial charge in [-0.15, -0.1) is 0 Å². The second-order valence-electron chi connectivity index (χ2n) is 6.92. The molecule has 0 saturated carbocycles. The molecular formula is C17H24N2O3S. The van der Waals surface area contributed by atoms with Crippen molar-refractivity contribution in [3.05, 3.63) is 34.9 Å². The first-order valence-electron chi connectivity index (χ1n) is 8.12. The first-order chi connectivity index (χ1) is 10.8. The van der Waals surface area contributed by atoms with Gasteiger partial charge in [0.25, 0.3) is 5.91 Å². The summed E-state index contributed by atoms with van der Waals surface area (Å²) in [6.45, 7) is 4.02. The smallest absolute Gasteiger partial charge is 0.251 e. The molecule has 5 nitrogen and oxygen atoms in total. The minimum absolute atomic E-state index is 0.0359. The average Bonchev–Trinajstić information content (AvgIpc) is 2.74. The number of amides is 1. The minimum Gasteiger partial charge on any atom is -0.349 e. The molecule has 0 radical (unpaired) electrons. The highest BCUT2D eigenvalue weighted by Crippen LogP contribution is 2.37. The monoisotopic (exact) mass is 336 g/mol. The van der Waals surface area contributed by atoms with Gasteiger partial charge in [-0.2, -0.15) is 4.31 Å². The quantitative estimate of drug-likeness (QED) is 0.918. The van der Waals surface area contributed by atoms with E-state index in [4.69, 9.17) is 0 Å². The zero-order valence-corrected chi connectivity index (χ0v) is 14.7. The molecule has 126 valence electrons. The molecule has 1 aromatic rings. The number of nitrogens with one attached hydrogen (secondary N) is 1. The van der Waals surface area contributed by atoms with E-state index in [1.165, 1.54) is 11.8 Å². The number of benzene rings is 1. The zero-order chi connectivity index (χ0) is 16.8. The number of rotatable bonds is 3. The van der Waals surface area contributed by atoms with Crippen LogP contribution in [-0.2, 0) is 10.0 Å². The Morgan fingerprint density at radius 1 is 1.13 bits per heavy atom. The van der Waals surface area contributed by atoms with Crippen LogP contribution in [0.4, 0.5) is 0 Å². The van der Waals surface area contributed by atoms with E-state index in [1.54, 1.807) is 4.31 Å². The highest BCUT2D eigenvalue weighted by Gasteiger charge is 2.45. The molecule has 2 saturated heterocycles. The lowest BCUT2D eigenvalue weighted by molar-refractivity contribution is 0.0909. The number of piperidine rings is 1. The van der Waals surface area contributed by atoms with E-state index in [2.05, 4.69) is 5.32 Å². The van der Waals surface area contributed by atoms with Crippen molar-refractivity contribution in [1.29, 1.82) is 0 Å². The van der Waals surface area contributed by atoms with Gasteiger partial charge in [0.05, 0.1) is 6.26 Å². The topological polar surface area (TPSA) is 66.5 Å². The third kappa shape index (κ3) is 3.28. The second kappa shape index (κ2) is 5.91. The summed E-state index contributed by atoms with van der Waals surface area (Å²) in [5, 5.41) is 3.09. The number of hydrogen-bond acceptors (Lipinski definition) is 3. The minimum atomic E-state index is -3.16. The molecule has 1 N–H and O–H groups in total. The molecule has 0 spiro atoms. The van der Waals surface area contributed by atoms with Crippen LogP contribution in [0.5, 0.6) is 0 Å². The van der Waals surface area contributed by atoms with Gasteiger partial charge in [-0.1, -0.05) is 6.07 Å². The van der Waals surface area contributed by atoms with Gasteiger partial charge < -0.3 is 5.32 Å². The molecule has 1 aromatic carbocycles. The van der Waals surface area contributed by atoms with Gasteiger partial charge in [-0.05, 0) is 62.8 Å².